The molecular formula is C20H23NO5. The Morgan fingerprint density at radius 2 is 1.65 bits per heavy atom. The van der Waals surface area contributed by atoms with Gasteiger partial charge in [-0.1, -0.05) is 30.3 Å². The van der Waals surface area contributed by atoms with E-state index in [1.54, 1.807) is 38.3 Å². The van der Waals surface area contributed by atoms with Crippen LogP contribution in [0.4, 0.5) is 0 Å². The molecule has 0 aliphatic heterocycles. The molecule has 138 valence electrons. The quantitative estimate of drug-likeness (QED) is 0.698. The summed E-state index contributed by atoms with van der Waals surface area (Å²) in [4.78, 5) is 24.3. The van der Waals surface area contributed by atoms with Crippen molar-refractivity contribution in [2.45, 2.75) is 19.4 Å². The monoisotopic (exact) mass is 357 g/mol. The lowest BCUT2D eigenvalue weighted by Gasteiger charge is -2.17. The highest BCUT2D eigenvalue weighted by Crippen LogP contribution is 2.16. The molecule has 1 N–H and O–H groups in total. The van der Waals surface area contributed by atoms with Crippen LogP contribution in [0.1, 0.15) is 12.5 Å². The Kier molecular flexibility index (Phi) is 7.49. The van der Waals surface area contributed by atoms with Crippen LogP contribution in [-0.2, 0) is 20.7 Å². The molecule has 2 aromatic carbocycles. The lowest BCUT2D eigenvalue weighted by atomic mass is 10.1. The molecule has 0 spiro atoms. The van der Waals surface area contributed by atoms with Crippen LogP contribution < -0.4 is 14.8 Å². The molecule has 2 aromatic rings. The molecule has 0 bridgehead atoms. The Morgan fingerprint density at radius 1 is 1.00 bits per heavy atom. The van der Waals surface area contributed by atoms with Gasteiger partial charge in [-0.25, -0.2) is 4.79 Å². The maximum atomic E-state index is 12.2. The first-order valence-corrected chi connectivity index (χ1v) is 8.39. The third-order valence-corrected chi connectivity index (χ3v) is 3.62. The Labute approximate surface area is 153 Å². The number of carbonyl (C=O) groups is 2. The average molecular weight is 357 g/mol. The molecule has 0 radical (unpaired) electrons. The number of amides is 1. The molecule has 0 aliphatic carbocycles. The molecule has 0 fully saturated rings. The van der Waals surface area contributed by atoms with Crippen LogP contribution in [0.2, 0.25) is 0 Å². The van der Waals surface area contributed by atoms with Gasteiger partial charge in [0.1, 0.15) is 17.5 Å². The smallest absolute Gasteiger partial charge is 0.328 e. The van der Waals surface area contributed by atoms with Crippen LogP contribution in [0.15, 0.2) is 54.6 Å². The van der Waals surface area contributed by atoms with Crippen molar-refractivity contribution in [3.05, 3.63) is 60.2 Å². The first-order chi connectivity index (χ1) is 12.6. The Morgan fingerprint density at radius 3 is 2.27 bits per heavy atom. The van der Waals surface area contributed by atoms with Crippen molar-refractivity contribution in [2.75, 3.05) is 20.3 Å². The summed E-state index contributed by atoms with van der Waals surface area (Å²) in [6.45, 7) is 1.78. The zero-order chi connectivity index (χ0) is 18.8. The van der Waals surface area contributed by atoms with Crippen molar-refractivity contribution in [1.29, 1.82) is 0 Å². The van der Waals surface area contributed by atoms with Gasteiger partial charge in [-0.05, 0) is 36.8 Å². The van der Waals surface area contributed by atoms with Crippen LogP contribution in [0.5, 0.6) is 11.5 Å². The topological polar surface area (TPSA) is 73.9 Å². The number of ether oxygens (including phenoxy) is 3. The maximum Gasteiger partial charge on any atom is 0.328 e. The third kappa shape index (κ3) is 6.12. The fourth-order valence-electron chi connectivity index (χ4n) is 2.34. The van der Waals surface area contributed by atoms with Gasteiger partial charge in [-0.15, -0.1) is 0 Å². The van der Waals surface area contributed by atoms with Crippen LogP contribution in [0.3, 0.4) is 0 Å². The summed E-state index contributed by atoms with van der Waals surface area (Å²) in [5.74, 6) is 0.382. The van der Waals surface area contributed by atoms with Gasteiger partial charge in [0.2, 0.25) is 0 Å². The van der Waals surface area contributed by atoms with Crippen LogP contribution >= 0.6 is 0 Å². The zero-order valence-electron chi connectivity index (χ0n) is 14.9. The van der Waals surface area contributed by atoms with Gasteiger partial charge in [-0.2, -0.15) is 0 Å². The van der Waals surface area contributed by atoms with Crippen molar-refractivity contribution in [1.82, 2.24) is 5.32 Å². The van der Waals surface area contributed by atoms with E-state index in [4.69, 9.17) is 14.2 Å². The third-order valence-electron chi connectivity index (χ3n) is 3.62. The second kappa shape index (κ2) is 10.1. The van der Waals surface area contributed by atoms with Crippen molar-refractivity contribution in [3.63, 3.8) is 0 Å². The SMILES string of the molecule is CCOC(=O)C(Cc1ccccc1)NC(=O)COc1ccc(OC)cc1. The molecule has 0 saturated heterocycles. The van der Waals surface area contributed by atoms with E-state index in [9.17, 15) is 9.59 Å². The lowest BCUT2D eigenvalue weighted by Crippen LogP contribution is -2.45. The number of methoxy groups -OCH3 is 1. The minimum atomic E-state index is -0.760. The number of carbonyl (C=O) groups excluding carboxylic acids is 2. The fraction of sp³-hybridized carbons (Fsp3) is 0.300. The normalized spacial score (nSPS) is 11.3. The Balaban J connectivity index is 1.92. The van der Waals surface area contributed by atoms with Crippen molar-refractivity contribution in [2.24, 2.45) is 0 Å². The van der Waals surface area contributed by atoms with E-state index in [-0.39, 0.29) is 13.2 Å². The van der Waals surface area contributed by atoms with Crippen molar-refractivity contribution < 1.29 is 23.8 Å². The summed E-state index contributed by atoms with van der Waals surface area (Å²) < 4.78 is 15.6. The van der Waals surface area contributed by atoms with Crippen molar-refractivity contribution >= 4 is 11.9 Å². The molecule has 1 amide bonds. The number of esters is 1. The number of benzene rings is 2. The Hall–Kier alpha value is -3.02. The van der Waals surface area contributed by atoms with Gasteiger partial charge in [0.15, 0.2) is 6.61 Å². The summed E-state index contributed by atoms with van der Waals surface area (Å²) >= 11 is 0. The number of nitrogens with one attached hydrogen (secondary N) is 1. The van der Waals surface area contributed by atoms with Gasteiger partial charge in [0.05, 0.1) is 13.7 Å². The van der Waals surface area contributed by atoms with Crippen molar-refractivity contribution in [3.8, 4) is 11.5 Å². The van der Waals surface area contributed by atoms with Crippen LogP contribution in [0, 0.1) is 0 Å². The summed E-state index contributed by atoms with van der Waals surface area (Å²) in [6.07, 6.45) is 0.355. The molecule has 0 saturated carbocycles. The molecule has 0 aliphatic rings. The summed E-state index contributed by atoms with van der Waals surface area (Å²) in [7, 11) is 1.57. The van der Waals surface area contributed by atoms with E-state index in [0.29, 0.717) is 17.9 Å². The molecule has 2 rings (SSSR count). The minimum absolute atomic E-state index is 0.197. The molecule has 0 heterocycles. The highest BCUT2D eigenvalue weighted by atomic mass is 16.5. The van der Waals surface area contributed by atoms with Gasteiger partial charge in [0.25, 0.3) is 5.91 Å². The highest BCUT2D eigenvalue weighted by Gasteiger charge is 2.22. The summed E-state index contributed by atoms with van der Waals surface area (Å²) in [6, 6.07) is 15.6. The van der Waals surface area contributed by atoms with E-state index >= 15 is 0 Å². The molecule has 6 heteroatoms. The van der Waals surface area contributed by atoms with E-state index in [1.807, 2.05) is 30.3 Å². The molecule has 6 nitrogen and oxygen atoms in total. The fourth-order valence-corrected chi connectivity index (χ4v) is 2.34. The van der Waals surface area contributed by atoms with Crippen LogP contribution in [0.25, 0.3) is 0 Å². The van der Waals surface area contributed by atoms with Gasteiger partial charge >= 0.3 is 5.97 Å². The second-order valence-electron chi connectivity index (χ2n) is 5.53. The molecule has 26 heavy (non-hydrogen) atoms. The number of hydrogen-bond donors (Lipinski definition) is 1. The number of rotatable bonds is 9. The van der Waals surface area contributed by atoms with E-state index in [0.717, 1.165) is 5.56 Å². The standard InChI is InChI=1S/C20H23NO5/c1-3-25-20(23)18(13-15-7-5-4-6-8-15)21-19(22)14-26-17-11-9-16(24-2)10-12-17/h4-12,18H,3,13-14H2,1-2H3,(H,21,22). The van der Waals surface area contributed by atoms with E-state index in [2.05, 4.69) is 5.32 Å². The molecular weight excluding hydrogens is 334 g/mol. The van der Waals surface area contributed by atoms with Crippen LogP contribution in [-0.4, -0.2) is 38.2 Å². The average Bonchev–Trinajstić information content (AvgIpc) is 2.67. The maximum absolute atomic E-state index is 12.2. The zero-order valence-corrected chi connectivity index (χ0v) is 14.9. The molecule has 1 unspecified atom stereocenters. The van der Waals surface area contributed by atoms with Gasteiger partial charge in [0, 0.05) is 6.42 Å². The first kappa shape index (κ1) is 19.3. The molecule has 1 atom stereocenters. The largest absolute Gasteiger partial charge is 0.497 e. The highest BCUT2D eigenvalue weighted by molar-refractivity contribution is 5.85. The minimum Gasteiger partial charge on any atom is -0.497 e. The summed E-state index contributed by atoms with van der Waals surface area (Å²) in [5, 5.41) is 2.68. The van der Waals surface area contributed by atoms with Gasteiger partial charge in [-0.3, -0.25) is 4.79 Å². The second-order valence-corrected chi connectivity index (χ2v) is 5.53. The van der Waals surface area contributed by atoms with E-state index in [1.165, 1.54) is 0 Å². The lowest BCUT2D eigenvalue weighted by molar-refractivity contribution is -0.147. The summed E-state index contributed by atoms with van der Waals surface area (Å²) in [5.41, 5.74) is 0.932. The Bertz CT molecular complexity index is 700. The first-order valence-electron chi connectivity index (χ1n) is 8.39. The van der Waals surface area contributed by atoms with E-state index < -0.39 is 17.9 Å². The number of hydrogen-bond acceptors (Lipinski definition) is 5. The predicted octanol–water partition coefficient (Wildman–Crippen LogP) is 2.36. The van der Waals surface area contributed by atoms with Gasteiger partial charge < -0.3 is 19.5 Å². The predicted molar refractivity (Wildman–Crippen MR) is 97.2 cm³/mol. The molecule has 0 aromatic heterocycles.